The first-order valence-electron chi connectivity index (χ1n) is 5.69. The van der Waals surface area contributed by atoms with Gasteiger partial charge in [0.1, 0.15) is 0 Å². The van der Waals surface area contributed by atoms with E-state index in [1.807, 2.05) is 0 Å². The lowest BCUT2D eigenvalue weighted by molar-refractivity contribution is 0.0119. The van der Waals surface area contributed by atoms with Gasteiger partial charge in [-0.2, -0.15) is 0 Å². The van der Waals surface area contributed by atoms with Crippen molar-refractivity contribution in [3.63, 3.8) is 0 Å². The van der Waals surface area contributed by atoms with Crippen LogP contribution < -0.4 is 0 Å². The predicted octanol–water partition coefficient (Wildman–Crippen LogP) is 1.59. The molecule has 5 unspecified atom stereocenters. The van der Waals surface area contributed by atoms with E-state index in [2.05, 4.69) is 0 Å². The molecule has 0 N–H and O–H groups in total. The van der Waals surface area contributed by atoms with E-state index in [-0.39, 0.29) is 0 Å². The summed E-state index contributed by atoms with van der Waals surface area (Å²) in [6.07, 6.45) is 7.33. The summed E-state index contributed by atoms with van der Waals surface area (Å²) in [6, 6.07) is 0. The predicted molar refractivity (Wildman–Crippen MR) is 47.3 cm³/mol. The minimum atomic E-state index is 0.564. The summed E-state index contributed by atoms with van der Waals surface area (Å²) in [4.78, 5) is 0. The molecule has 0 radical (unpaired) electrons. The lowest BCUT2D eigenvalue weighted by Gasteiger charge is -2.19. The number of epoxide rings is 1. The van der Waals surface area contributed by atoms with Crippen molar-refractivity contribution < 1.29 is 9.47 Å². The highest BCUT2D eigenvalue weighted by Gasteiger charge is 2.63. The zero-order valence-corrected chi connectivity index (χ0v) is 7.82. The molecular formula is C11H16O2. The second-order valence-corrected chi connectivity index (χ2v) is 5.28. The van der Waals surface area contributed by atoms with E-state index in [9.17, 15) is 0 Å². The average molecular weight is 180 g/mol. The molecule has 1 heterocycles. The van der Waals surface area contributed by atoms with Crippen molar-refractivity contribution in [2.24, 2.45) is 17.8 Å². The third-order valence-electron chi connectivity index (χ3n) is 4.28. The van der Waals surface area contributed by atoms with Gasteiger partial charge in [0.2, 0.25) is 0 Å². The van der Waals surface area contributed by atoms with Crippen LogP contribution >= 0.6 is 0 Å². The van der Waals surface area contributed by atoms with Crippen molar-refractivity contribution in [1.29, 1.82) is 0 Å². The van der Waals surface area contributed by atoms with Gasteiger partial charge in [0.15, 0.2) is 0 Å². The average Bonchev–Trinajstić information content (AvgIpc) is 3.04. The van der Waals surface area contributed by atoms with Crippen molar-refractivity contribution >= 4 is 0 Å². The van der Waals surface area contributed by atoms with Crippen molar-refractivity contribution in [1.82, 2.24) is 0 Å². The van der Waals surface area contributed by atoms with E-state index in [1.165, 1.54) is 25.7 Å². The minimum absolute atomic E-state index is 0.564. The summed E-state index contributed by atoms with van der Waals surface area (Å²) < 4.78 is 11.6. The fraction of sp³-hybridized carbons (Fsp3) is 1.00. The zero-order chi connectivity index (χ0) is 8.41. The minimum Gasteiger partial charge on any atom is -0.378 e. The maximum absolute atomic E-state index is 5.98. The molecule has 2 nitrogen and oxygen atoms in total. The smallest absolute Gasteiger partial charge is 0.0897 e. The Bertz CT molecular complexity index is 236. The van der Waals surface area contributed by atoms with E-state index in [0.717, 1.165) is 24.4 Å². The van der Waals surface area contributed by atoms with E-state index in [0.29, 0.717) is 18.3 Å². The van der Waals surface area contributed by atoms with Crippen LogP contribution in [-0.4, -0.2) is 24.9 Å². The summed E-state index contributed by atoms with van der Waals surface area (Å²) in [5, 5.41) is 0. The molecule has 4 fully saturated rings. The van der Waals surface area contributed by atoms with Gasteiger partial charge in [-0.05, 0) is 37.5 Å². The van der Waals surface area contributed by atoms with Crippen LogP contribution in [0.4, 0.5) is 0 Å². The number of hydrogen-bond acceptors (Lipinski definition) is 2. The molecule has 1 saturated heterocycles. The first-order chi connectivity index (χ1) is 6.42. The molecule has 4 aliphatic rings. The van der Waals surface area contributed by atoms with Gasteiger partial charge in [-0.15, -0.1) is 0 Å². The molecule has 3 saturated carbocycles. The van der Waals surface area contributed by atoms with Crippen molar-refractivity contribution in [2.45, 2.75) is 44.0 Å². The Labute approximate surface area is 78.6 Å². The Hall–Kier alpha value is -0.0800. The van der Waals surface area contributed by atoms with E-state index in [1.54, 1.807) is 0 Å². The molecule has 0 amide bonds. The Morgan fingerprint density at radius 2 is 2.08 bits per heavy atom. The summed E-state index contributed by atoms with van der Waals surface area (Å²) in [7, 11) is 0. The largest absolute Gasteiger partial charge is 0.378 e. The lowest BCUT2D eigenvalue weighted by atomic mass is 9.98. The van der Waals surface area contributed by atoms with Crippen LogP contribution in [0.3, 0.4) is 0 Å². The van der Waals surface area contributed by atoms with Crippen LogP contribution in [0.25, 0.3) is 0 Å². The molecule has 13 heavy (non-hydrogen) atoms. The quantitative estimate of drug-likeness (QED) is 0.615. The Morgan fingerprint density at radius 3 is 2.77 bits per heavy atom. The van der Waals surface area contributed by atoms with Gasteiger partial charge in [0, 0.05) is 12.5 Å². The van der Waals surface area contributed by atoms with Crippen LogP contribution in [0.15, 0.2) is 0 Å². The summed E-state index contributed by atoms with van der Waals surface area (Å²) in [5.41, 5.74) is 0. The second kappa shape index (κ2) is 2.29. The first kappa shape index (κ1) is 7.24. The molecule has 3 aliphatic carbocycles. The summed E-state index contributed by atoms with van der Waals surface area (Å²) >= 11 is 0. The molecule has 2 bridgehead atoms. The van der Waals surface area contributed by atoms with Crippen LogP contribution in [0, 0.1) is 17.8 Å². The molecule has 0 spiro atoms. The molecule has 0 aromatic carbocycles. The number of hydrogen-bond donors (Lipinski definition) is 0. The highest BCUT2D eigenvalue weighted by Crippen LogP contribution is 2.57. The van der Waals surface area contributed by atoms with Gasteiger partial charge in [-0.25, -0.2) is 0 Å². The monoisotopic (exact) mass is 180 g/mol. The summed E-state index contributed by atoms with van der Waals surface area (Å²) in [5.74, 6) is 2.54. The van der Waals surface area contributed by atoms with Gasteiger partial charge in [-0.3, -0.25) is 0 Å². The fourth-order valence-corrected chi connectivity index (χ4v) is 3.28. The SMILES string of the molecule is C1CC1COC1CC2CC1C1OC21. The lowest BCUT2D eigenvalue weighted by Crippen LogP contribution is -2.26. The molecule has 72 valence electrons. The van der Waals surface area contributed by atoms with Gasteiger partial charge < -0.3 is 9.47 Å². The van der Waals surface area contributed by atoms with E-state index < -0.39 is 0 Å². The topological polar surface area (TPSA) is 21.8 Å². The maximum atomic E-state index is 5.98. The summed E-state index contributed by atoms with van der Waals surface area (Å²) in [6.45, 7) is 1.03. The number of ether oxygens (including phenoxy) is 2. The Kier molecular flexibility index (Phi) is 1.28. The zero-order valence-electron chi connectivity index (χ0n) is 7.82. The van der Waals surface area contributed by atoms with E-state index >= 15 is 0 Å². The molecular weight excluding hydrogens is 164 g/mol. The van der Waals surface area contributed by atoms with Gasteiger partial charge in [-0.1, -0.05) is 0 Å². The molecule has 4 rings (SSSR count). The molecule has 0 aromatic heterocycles. The van der Waals surface area contributed by atoms with Crippen LogP contribution in [0.1, 0.15) is 25.7 Å². The van der Waals surface area contributed by atoms with Gasteiger partial charge >= 0.3 is 0 Å². The third-order valence-corrected chi connectivity index (χ3v) is 4.28. The Balaban J connectivity index is 1.40. The van der Waals surface area contributed by atoms with Crippen LogP contribution in [0.2, 0.25) is 0 Å². The molecule has 2 heteroatoms. The van der Waals surface area contributed by atoms with Crippen LogP contribution in [-0.2, 0) is 9.47 Å². The maximum Gasteiger partial charge on any atom is 0.0897 e. The Morgan fingerprint density at radius 1 is 1.15 bits per heavy atom. The van der Waals surface area contributed by atoms with Gasteiger partial charge in [0.05, 0.1) is 18.3 Å². The molecule has 5 atom stereocenters. The highest BCUT2D eigenvalue weighted by atomic mass is 16.6. The van der Waals surface area contributed by atoms with Crippen molar-refractivity contribution in [2.75, 3.05) is 6.61 Å². The van der Waals surface area contributed by atoms with E-state index in [4.69, 9.17) is 9.47 Å². The fourth-order valence-electron chi connectivity index (χ4n) is 3.28. The molecule has 0 aromatic rings. The number of rotatable bonds is 3. The third kappa shape index (κ3) is 1.02. The second-order valence-electron chi connectivity index (χ2n) is 5.28. The van der Waals surface area contributed by atoms with Crippen molar-refractivity contribution in [3.8, 4) is 0 Å². The molecule has 1 aliphatic heterocycles. The normalized spacial score (nSPS) is 56.8. The van der Waals surface area contributed by atoms with Crippen LogP contribution in [0.5, 0.6) is 0 Å². The first-order valence-corrected chi connectivity index (χ1v) is 5.69. The standard InChI is InChI=1S/C11H16O2/c1-2-6(1)5-12-9-4-7-3-8(9)11-10(7)13-11/h6-11H,1-5H2. The van der Waals surface area contributed by atoms with Crippen molar-refractivity contribution in [3.05, 3.63) is 0 Å². The highest BCUT2D eigenvalue weighted by molar-refractivity contribution is 5.11. The van der Waals surface area contributed by atoms with Gasteiger partial charge in [0.25, 0.3) is 0 Å². The number of fused-ring (bicyclic) bond motifs is 5.